The number of nitrogens with zero attached hydrogens (tertiary/aromatic N) is 1. The molecule has 0 unspecified atom stereocenters. The second kappa shape index (κ2) is 7.32. The highest BCUT2D eigenvalue weighted by atomic mass is 32.2. The minimum absolute atomic E-state index is 0.0322. The fourth-order valence-corrected chi connectivity index (χ4v) is 4.05. The lowest BCUT2D eigenvalue weighted by molar-refractivity contribution is 0.589. The van der Waals surface area contributed by atoms with Gasteiger partial charge in [0.05, 0.1) is 18.0 Å². The molecule has 1 radical (unpaired) electrons. The van der Waals surface area contributed by atoms with Gasteiger partial charge in [0, 0.05) is 0 Å². The van der Waals surface area contributed by atoms with E-state index in [-0.39, 0.29) is 5.75 Å². The van der Waals surface area contributed by atoms with Gasteiger partial charge in [-0.25, -0.2) is 8.42 Å². The second-order valence-corrected chi connectivity index (χ2v) is 7.39. The summed E-state index contributed by atoms with van der Waals surface area (Å²) in [5.41, 5.74) is 2.34. The van der Waals surface area contributed by atoms with Gasteiger partial charge < -0.3 is 0 Å². The zero-order valence-electron chi connectivity index (χ0n) is 13.2. The van der Waals surface area contributed by atoms with Crippen molar-refractivity contribution < 1.29 is 8.42 Å². The molecule has 3 rings (SSSR count). The number of benzene rings is 3. The highest BCUT2D eigenvalue weighted by Crippen LogP contribution is 2.23. The molecule has 3 aromatic rings. The van der Waals surface area contributed by atoms with E-state index in [1.165, 1.54) is 4.31 Å². The first-order valence-corrected chi connectivity index (χ1v) is 9.30. The Bertz CT molecular complexity index is 863. The summed E-state index contributed by atoms with van der Waals surface area (Å²) in [7, 11) is -3.51. The topological polar surface area (TPSA) is 37.4 Å². The van der Waals surface area contributed by atoms with Crippen LogP contribution in [-0.4, -0.2) is 8.42 Å². The first-order chi connectivity index (χ1) is 11.6. The highest BCUT2D eigenvalue weighted by molar-refractivity contribution is 7.92. The van der Waals surface area contributed by atoms with Gasteiger partial charge in [-0.2, -0.15) is 0 Å². The third-order valence-corrected chi connectivity index (χ3v) is 5.38. The van der Waals surface area contributed by atoms with E-state index in [0.717, 1.165) is 11.1 Å². The van der Waals surface area contributed by atoms with Gasteiger partial charge in [-0.15, -0.1) is 0 Å². The normalized spacial score (nSPS) is 11.2. The monoisotopic (exact) mass is 336 g/mol. The Morgan fingerprint density at radius 2 is 1.42 bits per heavy atom. The van der Waals surface area contributed by atoms with Gasteiger partial charge in [-0.05, 0) is 29.3 Å². The Labute approximate surface area is 143 Å². The van der Waals surface area contributed by atoms with Crippen molar-refractivity contribution in [2.75, 3.05) is 4.31 Å². The maximum absolute atomic E-state index is 13.0. The van der Waals surface area contributed by atoms with Crippen LogP contribution in [0.15, 0.2) is 84.9 Å². The fraction of sp³-hybridized carbons (Fsp3) is 0.100. The Hall–Kier alpha value is -2.59. The molecule has 0 fully saturated rings. The van der Waals surface area contributed by atoms with Crippen molar-refractivity contribution in [3.63, 3.8) is 0 Å². The van der Waals surface area contributed by atoms with Crippen LogP contribution in [0, 0.1) is 6.07 Å². The van der Waals surface area contributed by atoms with Crippen LogP contribution in [0.4, 0.5) is 5.69 Å². The van der Waals surface area contributed by atoms with Gasteiger partial charge in [-0.1, -0.05) is 72.8 Å². The largest absolute Gasteiger partial charge is 0.266 e. The van der Waals surface area contributed by atoms with Crippen molar-refractivity contribution in [3.8, 4) is 0 Å². The minimum atomic E-state index is -3.51. The zero-order chi connectivity index (χ0) is 16.8. The molecule has 121 valence electrons. The molecule has 0 atom stereocenters. The lowest BCUT2D eigenvalue weighted by Crippen LogP contribution is -2.31. The summed E-state index contributed by atoms with van der Waals surface area (Å²) in [6, 6.07) is 28.8. The van der Waals surface area contributed by atoms with Crippen LogP contribution in [-0.2, 0) is 22.3 Å². The molecular formula is C20H18NO2S. The van der Waals surface area contributed by atoms with Crippen LogP contribution in [0.5, 0.6) is 0 Å². The van der Waals surface area contributed by atoms with E-state index in [0.29, 0.717) is 12.2 Å². The second-order valence-electron chi connectivity index (χ2n) is 5.50. The number of sulfonamides is 1. The number of hydrogen-bond acceptors (Lipinski definition) is 2. The average molecular weight is 336 g/mol. The maximum atomic E-state index is 13.0. The Balaban J connectivity index is 1.94. The summed E-state index contributed by atoms with van der Waals surface area (Å²) in [6.07, 6.45) is 0. The SMILES string of the molecule is O=S(=O)(Cc1ccccc1)N(Cc1ccccc1)c1c[c]ccc1. The number of hydrogen-bond donors (Lipinski definition) is 0. The molecular weight excluding hydrogens is 318 g/mol. The van der Waals surface area contributed by atoms with Gasteiger partial charge in [0.2, 0.25) is 10.0 Å². The van der Waals surface area contributed by atoms with E-state index in [9.17, 15) is 8.42 Å². The molecule has 0 aliphatic rings. The van der Waals surface area contributed by atoms with Crippen LogP contribution < -0.4 is 4.31 Å². The van der Waals surface area contributed by atoms with Crippen molar-refractivity contribution >= 4 is 15.7 Å². The Kier molecular flexibility index (Phi) is 4.96. The predicted octanol–water partition coefficient (Wildman–Crippen LogP) is 4.02. The van der Waals surface area contributed by atoms with Crippen LogP contribution in [0.2, 0.25) is 0 Å². The number of anilines is 1. The third-order valence-electron chi connectivity index (χ3n) is 3.68. The smallest absolute Gasteiger partial charge is 0.239 e. The van der Waals surface area contributed by atoms with E-state index in [2.05, 4.69) is 6.07 Å². The molecule has 0 heterocycles. The Morgan fingerprint density at radius 1 is 0.792 bits per heavy atom. The molecule has 0 aliphatic heterocycles. The minimum Gasteiger partial charge on any atom is -0.266 e. The van der Waals surface area contributed by atoms with Gasteiger partial charge >= 0.3 is 0 Å². The molecule has 4 heteroatoms. The molecule has 0 saturated heterocycles. The molecule has 0 aliphatic carbocycles. The first kappa shape index (κ1) is 16.3. The van der Waals surface area contributed by atoms with Crippen molar-refractivity contribution in [2.45, 2.75) is 12.3 Å². The van der Waals surface area contributed by atoms with Gasteiger partial charge in [0.1, 0.15) is 0 Å². The molecule has 3 aromatic carbocycles. The summed E-state index contributed by atoms with van der Waals surface area (Å²) >= 11 is 0. The standard InChI is InChI=1S/C20H18NO2S/c22-24(23,17-19-12-6-2-7-13-19)21(20-14-8-3-9-15-20)16-18-10-4-1-5-11-18/h1-8,10-15H,16-17H2. The van der Waals surface area contributed by atoms with Crippen molar-refractivity contribution in [2.24, 2.45) is 0 Å². The molecule has 0 N–H and O–H groups in total. The molecule has 0 saturated carbocycles. The van der Waals surface area contributed by atoms with Crippen LogP contribution in [0.1, 0.15) is 11.1 Å². The molecule has 0 spiro atoms. The summed E-state index contributed by atoms with van der Waals surface area (Å²) in [6.45, 7) is 0.299. The fourth-order valence-electron chi connectivity index (χ4n) is 2.50. The number of rotatable bonds is 6. The van der Waals surface area contributed by atoms with Gasteiger partial charge in [0.15, 0.2) is 0 Å². The summed E-state index contributed by atoms with van der Waals surface area (Å²) in [4.78, 5) is 0. The van der Waals surface area contributed by atoms with Gasteiger partial charge in [0.25, 0.3) is 0 Å². The van der Waals surface area contributed by atoms with Crippen molar-refractivity contribution in [3.05, 3.63) is 102 Å². The molecule has 0 bridgehead atoms. The molecule has 0 aromatic heterocycles. The average Bonchev–Trinajstić information content (AvgIpc) is 2.62. The zero-order valence-corrected chi connectivity index (χ0v) is 14.0. The van der Waals surface area contributed by atoms with Crippen LogP contribution >= 0.6 is 0 Å². The molecule has 0 amide bonds. The first-order valence-electron chi connectivity index (χ1n) is 7.69. The van der Waals surface area contributed by atoms with Crippen molar-refractivity contribution in [1.29, 1.82) is 0 Å². The van der Waals surface area contributed by atoms with E-state index in [4.69, 9.17) is 0 Å². The van der Waals surface area contributed by atoms with Crippen LogP contribution in [0.3, 0.4) is 0 Å². The predicted molar refractivity (Wildman–Crippen MR) is 97.0 cm³/mol. The lowest BCUT2D eigenvalue weighted by Gasteiger charge is -2.24. The highest BCUT2D eigenvalue weighted by Gasteiger charge is 2.23. The van der Waals surface area contributed by atoms with E-state index in [1.54, 1.807) is 24.3 Å². The molecule has 3 nitrogen and oxygen atoms in total. The quantitative estimate of drug-likeness (QED) is 0.682. The third kappa shape index (κ3) is 4.03. The van der Waals surface area contributed by atoms with E-state index in [1.807, 2.05) is 60.7 Å². The van der Waals surface area contributed by atoms with Crippen molar-refractivity contribution in [1.82, 2.24) is 0 Å². The molecule has 24 heavy (non-hydrogen) atoms. The van der Waals surface area contributed by atoms with Crippen LogP contribution in [0.25, 0.3) is 0 Å². The lowest BCUT2D eigenvalue weighted by atomic mass is 10.2. The van der Waals surface area contributed by atoms with Gasteiger partial charge in [-0.3, -0.25) is 4.31 Å². The maximum Gasteiger partial charge on any atom is 0.239 e. The van der Waals surface area contributed by atoms with E-state index >= 15 is 0 Å². The summed E-state index contributed by atoms with van der Waals surface area (Å²) in [5, 5.41) is 0. The summed E-state index contributed by atoms with van der Waals surface area (Å²) in [5.74, 6) is -0.0322. The summed E-state index contributed by atoms with van der Waals surface area (Å²) < 4.78 is 27.5. The Morgan fingerprint density at radius 3 is 2.00 bits per heavy atom. The van der Waals surface area contributed by atoms with E-state index < -0.39 is 10.0 Å².